The van der Waals surface area contributed by atoms with Crippen molar-refractivity contribution in [1.82, 2.24) is 15.2 Å². The lowest BCUT2D eigenvalue weighted by atomic mass is 10.0. The summed E-state index contributed by atoms with van der Waals surface area (Å²) in [6.45, 7) is 4.71. The van der Waals surface area contributed by atoms with E-state index in [2.05, 4.69) is 10.3 Å². The van der Waals surface area contributed by atoms with Crippen LogP contribution in [-0.2, 0) is 4.79 Å². The number of hydrogen-bond donors (Lipinski definition) is 2. The Morgan fingerprint density at radius 3 is 2.39 bits per heavy atom. The molecule has 0 spiro atoms. The van der Waals surface area contributed by atoms with Crippen molar-refractivity contribution in [3.63, 3.8) is 0 Å². The summed E-state index contributed by atoms with van der Waals surface area (Å²) in [5.41, 5.74) is -0.00972. The number of aromatic carboxylic acids is 1. The summed E-state index contributed by atoms with van der Waals surface area (Å²) in [5, 5.41) is 11.9. The molecule has 1 aromatic rings. The number of pyridine rings is 1. The molecule has 7 heteroatoms. The summed E-state index contributed by atoms with van der Waals surface area (Å²) in [6, 6.07) is 4.46. The Morgan fingerprint density at radius 2 is 1.83 bits per heavy atom. The zero-order valence-corrected chi connectivity index (χ0v) is 13.3. The van der Waals surface area contributed by atoms with Gasteiger partial charge in [-0.1, -0.05) is 19.9 Å². The number of nitrogens with zero attached hydrogens (tertiary/aromatic N) is 2. The summed E-state index contributed by atoms with van der Waals surface area (Å²) >= 11 is 0. The van der Waals surface area contributed by atoms with E-state index in [0.717, 1.165) is 0 Å². The van der Waals surface area contributed by atoms with Gasteiger partial charge in [-0.05, 0) is 25.0 Å². The molecule has 0 unspecified atom stereocenters. The normalized spacial score (nSPS) is 15.5. The molecule has 7 nitrogen and oxygen atoms in total. The van der Waals surface area contributed by atoms with Crippen LogP contribution >= 0.6 is 0 Å². The van der Waals surface area contributed by atoms with Gasteiger partial charge in [-0.3, -0.25) is 9.59 Å². The van der Waals surface area contributed by atoms with Crippen molar-refractivity contribution in [2.75, 3.05) is 13.1 Å². The van der Waals surface area contributed by atoms with E-state index in [4.69, 9.17) is 5.11 Å². The number of carboxylic acid groups (broad SMARTS) is 1. The Bertz CT molecular complexity index is 607. The van der Waals surface area contributed by atoms with E-state index in [0.29, 0.717) is 25.9 Å². The molecule has 0 aliphatic carbocycles. The SMILES string of the molecule is CC(C)C(=O)NC1CCN(C(=O)c2cccc(C(=O)O)n2)CC1. The Morgan fingerprint density at radius 1 is 1.22 bits per heavy atom. The molecule has 1 fully saturated rings. The maximum Gasteiger partial charge on any atom is 0.354 e. The lowest BCUT2D eigenvalue weighted by molar-refractivity contribution is -0.124. The van der Waals surface area contributed by atoms with Crippen LogP contribution in [0.25, 0.3) is 0 Å². The fourth-order valence-corrected chi connectivity index (χ4v) is 2.43. The number of carbonyl (C=O) groups is 3. The first-order chi connectivity index (χ1) is 10.9. The van der Waals surface area contributed by atoms with Crippen LogP contribution in [0.1, 0.15) is 47.7 Å². The zero-order chi connectivity index (χ0) is 17.0. The second-order valence-electron chi connectivity index (χ2n) is 5.94. The van der Waals surface area contributed by atoms with Gasteiger partial charge in [0.15, 0.2) is 0 Å². The maximum atomic E-state index is 12.4. The Kier molecular flexibility index (Phi) is 5.31. The number of aromatic nitrogens is 1. The number of rotatable bonds is 4. The van der Waals surface area contributed by atoms with Crippen LogP contribution in [0.2, 0.25) is 0 Å². The third-order valence-corrected chi connectivity index (χ3v) is 3.84. The third kappa shape index (κ3) is 4.28. The molecule has 0 atom stereocenters. The summed E-state index contributed by atoms with van der Waals surface area (Å²) in [5.74, 6) is -1.47. The third-order valence-electron chi connectivity index (χ3n) is 3.84. The second kappa shape index (κ2) is 7.21. The molecule has 2 rings (SSSR count). The van der Waals surface area contributed by atoms with Gasteiger partial charge in [-0.15, -0.1) is 0 Å². The van der Waals surface area contributed by atoms with E-state index < -0.39 is 5.97 Å². The molecule has 0 aromatic carbocycles. The van der Waals surface area contributed by atoms with Crippen molar-refractivity contribution in [3.05, 3.63) is 29.6 Å². The second-order valence-corrected chi connectivity index (χ2v) is 5.94. The van der Waals surface area contributed by atoms with Crippen LogP contribution in [-0.4, -0.2) is 51.9 Å². The van der Waals surface area contributed by atoms with E-state index in [9.17, 15) is 14.4 Å². The van der Waals surface area contributed by atoms with E-state index in [-0.39, 0.29) is 35.2 Å². The number of nitrogens with one attached hydrogen (secondary N) is 1. The number of piperidine rings is 1. The van der Waals surface area contributed by atoms with Crippen molar-refractivity contribution in [3.8, 4) is 0 Å². The van der Waals surface area contributed by atoms with Crippen molar-refractivity contribution in [1.29, 1.82) is 0 Å². The molecule has 23 heavy (non-hydrogen) atoms. The largest absolute Gasteiger partial charge is 0.477 e. The molecule has 2 heterocycles. The van der Waals surface area contributed by atoms with Crippen molar-refractivity contribution in [2.24, 2.45) is 5.92 Å². The van der Waals surface area contributed by atoms with Gasteiger partial charge in [0.1, 0.15) is 11.4 Å². The highest BCUT2D eigenvalue weighted by Gasteiger charge is 2.26. The Labute approximate surface area is 134 Å². The van der Waals surface area contributed by atoms with Crippen LogP contribution in [0.4, 0.5) is 0 Å². The summed E-state index contributed by atoms with van der Waals surface area (Å²) in [7, 11) is 0. The fourth-order valence-electron chi connectivity index (χ4n) is 2.43. The minimum atomic E-state index is -1.16. The predicted molar refractivity (Wildman–Crippen MR) is 83.1 cm³/mol. The molecule has 2 N–H and O–H groups in total. The summed E-state index contributed by atoms with van der Waals surface area (Å²) in [4.78, 5) is 40.5. The first-order valence-electron chi connectivity index (χ1n) is 7.68. The minimum Gasteiger partial charge on any atom is -0.477 e. The van der Waals surface area contributed by atoms with Gasteiger partial charge in [0, 0.05) is 25.0 Å². The molecule has 2 amide bonds. The van der Waals surface area contributed by atoms with E-state index in [1.165, 1.54) is 18.2 Å². The predicted octanol–water partition coefficient (Wildman–Crippen LogP) is 1.16. The molecule has 1 aromatic heterocycles. The van der Waals surface area contributed by atoms with Crippen molar-refractivity contribution in [2.45, 2.75) is 32.7 Å². The van der Waals surface area contributed by atoms with Gasteiger partial charge in [0.2, 0.25) is 5.91 Å². The number of likely N-dealkylation sites (tertiary alicyclic amines) is 1. The van der Waals surface area contributed by atoms with E-state index in [1.807, 2.05) is 13.8 Å². The quantitative estimate of drug-likeness (QED) is 0.867. The van der Waals surface area contributed by atoms with Gasteiger partial charge >= 0.3 is 5.97 Å². The van der Waals surface area contributed by atoms with Crippen LogP contribution in [0.15, 0.2) is 18.2 Å². The van der Waals surface area contributed by atoms with Crippen LogP contribution in [0, 0.1) is 5.92 Å². The molecule has 1 aliphatic heterocycles. The van der Waals surface area contributed by atoms with Crippen LogP contribution < -0.4 is 5.32 Å². The molecule has 0 radical (unpaired) electrons. The molecule has 0 saturated carbocycles. The lowest BCUT2D eigenvalue weighted by Gasteiger charge is -2.32. The number of amides is 2. The van der Waals surface area contributed by atoms with Gasteiger partial charge in [-0.2, -0.15) is 0 Å². The Hall–Kier alpha value is -2.44. The Balaban J connectivity index is 1.94. The minimum absolute atomic E-state index is 0.0191. The highest BCUT2D eigenvalue weighted by Crippen LogP contribution is 2.14. The van der Waals surface area contributed by atoms with Crippen molar-refractivity contribution >= 4 is 17.8 Å². The van der Waals surface area contributed by atoms with E-state index >= 15 is 0 Å². The number of carboxylic acids is 1. The van der Waals surface area contributed by atoms with Gasteiger partial charge in [-0.25, -0.2) is 9.78 Å². The molecule has 1 saturated heterocycles. The number of hydrogen-bond acceptors (Lipinski definition) is 4. The topological polar surface area (TPSA) is 99.6 Å². The molecule has 0 bridgehead atoms. The fraction of sp³-hybridized carbons (Fsp3) is 0.500. The standard InChI is InChI=1S/C16H21N3O4/c1-10(2)14(20)17-11-6-8-19(9-7-11)15(21)12-4-3-5-13(18-12)16(22)23/h3-5,10-11H,6-9H2,1-2H3,(H,17,20)(H,22,23). The van der Waals surface area contributed by atoms with Crippen molar-refractivity contribution < 1.29 is 19.5 Å². The monoisotopic (exact) mass is 319 g/mol. The average molecular weight is 319 g/mol. The first kappa shape index (κ1) is 16.9. The van der Waals surface area contributed by atoms with Crippen LogP contribution in [0.5, 0.6) is 0 Å². The number of carbonyl (C=O) groups excluding carboxylic acids is 2. The summed E-state index contributed by atoms with van der Waals surface area (Å²) in [6.07, 6.45) is 1.37. The molecule has 124 valence electrons. The smallest absolute Gasteiger partial charge is 0.354 e. The first-order valence-corrected chi connectivity index (χ1v) is 7.68. The molecular weight excluding hydrogens is 298 g/mol. The van der Waals surface area contributed by atoms with Crippen LogP contribution in [0.3, 0.4) is 0 Å². The van der Waals surface area contributed by atoms with Gasteiger partial charge in [0.25, 0.3) is 5.91 Å². The van der Waals surface area contributed by atoms with Gasteiger partial charge < -0.3 is 15.3 Å². The molecular formula is C16H21N3O4. The summed E-state index contributed by atoms with van der Waals surface area (Å²) < 4.78 is 0. The average Bonchev–Trinajstić information content (AvgIpc) is 2.55. The molecule has 1 aliphatic rings. The zero-order valence-electron chi connectivity index (χ0n) is 13.3. The highest BCUT2D eigenvalue weighted by atomic mass is 16.4. The maximum absolute atomic E-state index is 12.4. The lowest BCUT2D eigenvalue weighted by Crippen LogP contribution is -2.47. The highest BCUT2D eigenvalue weighted by molar-refractivity contribution is 5.94. The van der Waals surface area contributed by atoms with Gasteiger partial charge in [0.05, 0.1) is 0 Å². The van der Waals surface area contributed by atoms with E-state index in [1.54, 1.807) is 4.90 Å².